The molecule has 142 valence electrons. The number of carbonyl (C=O) groups excluding carboxylic acids is 1. The number of aromatic nitrogens is 2. The molecule has 6 nitrogen and oxygen atoms in total. The molecular formula is C18H16F2N2O4S. The number of sulfone groups is 1. The van der Waals surface area contributed by atoms with Crippen molar-refractivity contribution in [3.63, 3.8) is 0 Å². The van der Waals surface area contributed by atoms with E-state index < -0.39 is 28.5 Å². The van der Waals surface area contributed by atoms with Crippen LogP contribution in [0.3, 0.4) is 0 Å². The lowest BCUT2D eigenvalue weighted by Gasteiger charge is -2.15. The van der Waals surface area contributed by atoms with Gasteiger partial charge in [-0.15, -0.1) is 0 Å². The Kier molecular flexibility index (Phi) is 4.97. The van der Waals surface area contributed by atoms with Gasteiger partial charge in [-0.3, -0.25) is 4.57 Å². The van der Waals surface area contributed by atoms with Crippen LogP contribution in [-0.2, 0) is 14.6 Å². The summed E-state index contributed by atoms with van der Waals surface area (Å²) in [6, 6.07) is 11.6. The Morgan fingerprint density at radius 2 is 1.74 bits per heavy atom. The standard InChI is InChI=1S/C18H16F2N2O4S/c1-11(16-21-14-5-3-4-6-15(14)22(16)18(19)20)26-17(23)12-7-9-13(10-8-12)27(2,24)25/h3-11,18H,1-2H3/t11-/m1/s1. The van der Waals surface area contributed by atoms with Gasteiger partial charge in [0, 0.05) is 6.26 Å². The SMILES string of the molecule is C[C@@H](OC(=O)c1ccc(S(C)(=O)=O)cc1)c1nc2ccccc2n1C(F)F. The number of carbonyl (C=O) groups is 1. The van der Waals surface area contributed by atoms with E-state index >= 15 is 0 Å². The normalized spacial score (nSPS) is 13.1. The second-order valence-corrected chi connectivity index (χ2v) is 7.97. The zero-order valence-corrected chi connectivity index (χ0v) is 15.3. The number of rotatable bonds is 5. The van der Waals surface area contributed by atoms with Crippen molar-refractivity contribution in [3.05, 3.63) is 59.9 Å². The van der Waals surface area contributed by atoms with Crippen LogP contribution in [0.1, 0.15) is 35.8 Å². The van der Waals surface area contributed by atoms with E-state index in [1.54, 1.807) is 18.2 Å². The second kappa shape index (κ2) is 7.07. The largest absolute Gasteiger partial charge is 0.451 e. The highest BCUT2D eigenvalue weighted by Crippen LogP contribution is 2.28. The molecule has 0 bridgehead atoms. The Bertz CT molecular complexity index is 1090. The summed E-state index contributed by atoms with van der Waals surface area (Å²) < 4.78 is 55.9. The zero-order chi connectivity index (χ0) is 19.8. The lowest BCUT2D eigenvalue weighted by atomic mass is 10.2. The van der Waals surface area contributed by atoms with Crippen LogP contribution in [0.15, 0.2) is 53.4 Å². The van der Waals surface area contributed by atoms with Gasteiger partial charge in [0.25, 0.3) is 0 Å². The first kappa shape index (κ1) is 19.0. The van der Waals surface area contributed by atoms with Gasteiger partial charge in [-0.05, 0) is 43.3 Å². The highest BCUT2D eigenvalue weighted by molar-refractivity contribution is 7.90. The monoisotopic (exact) mass is 394 g/mol. The molecule has 0 aliphatic rings. The third kappa shape index (κ3) is 3.82. The van der Waals surface area contributed by atoms with E-state index in [9.17, 15) is 22.0 Å². The number of para-hydroxylation sites is 2. The smallest absolute Gasteiger partial charge is 0.338 e. The number of hydrogen-bond donors (Lipinski definition) is 0. The van der Waals surface area contributed by atoms with Crippen LogP contribution in [0.5, 0.6) is 0 Å². The van der Waals surface area contributed by atoms with E-state index in [1.165, 1.54) is 37.3 Å². The number of esters is 1. The summed E-state index contributed by atoms with van der Waals surface area (Å²) in [5.74, 6) is -0.845. The second-order valence-electron chi connectivity index (χ2n) is 5.95. The van der Waals surface area contributed by atoms with E-state index in [2.05, 4.69) is 4.98 Å². The number of nitrogens with zero attached hydrogens (tertiary/aromatic N) is 2. The predicted octanol–water partition coefficient (Wildman–Crippen LogP) is 3.75. The van der Waals surface area contributed by atoms with E-state index in [-0.39, 0.29) is 21.8 Å². The molecule has 0 N–H and O–H groups in total. The van der Waals surface area contributed by atoms with Gasteiger partial charge in [-0.2, -0.15) is 8.78 Å². The minimum absolute atomic E-state index is 0.0617. The van der Waals surface area contributed by atoms with Gasteiger partial charge in [0.15, 0.2) is 21.8 Å². The van der Waals surface area contributed by atoms with Crippen LogP contribution in [0.2, 0.25) is 0 Å². The van der Waals surface area contributed by atoms with Crippen molar-refractivity contribution in [1.29, 1.82) is 0 Å². The van der Waals surface area contributed by atoms with Gasteiger partial charge >= 0.3 is 12.5 Å². The number of benzene rings is 2. The highest BCUT2D eigenvalue weighted by Gasteiger charge is 2.24. The summed E-state index contributed by atoms with van der Waals surface area (Å²) in [6.07, 6.45) is 0.0190. The molecule has 1 atom stereocenters. The van der Waals surface area contributed by atoms with Gasteiger partial charge < -0.3 is 4.74 Å². The van der Waals surface area contributed by atoms with Gasteiger partial charge in [-0.1, -0.05) is 12.1 Å². The lowest BCUT2D eigenvalue weighted by molar-refractivity contribution is 0.0233. The Balaban J connectivity index is 1.87. The van der Waals surface area contributed by atoms with E-state index in [1.807, 2.05) is 0 Å². The van der Waals surface area contributed by atoms with Crippen molar-refractivity contribution >= 4 is 26.8 Å². The molecule has 0 spiro atoms. The quantitative estimate of drug-likeness (QED) is 0.616. The molecule has 1 heterocycles. The number of ether oxygens (including phenoxy) is 1. The van der Waals surface area contributed by atoms with E-state index in [0.29, 0.717) is 5.52 Å². The van der Waals surface area contributed by atoms with Crippen LogP contribution >= 0.6 is 0 Å². The molecule has 0 fully saturated rings. The summed E-state index contributed by atoms with van der Waals surface area (Å²) >= 11 is 0. The van der Waals surface area contributed by atoms with Crippen LogP contribution in [0, 0.1) is 0 Å². The maximum Gasteiger partial charge on any atom is 0.338 e. The molecule has 0 saturated heterocycles. The fourth-order valence-electron chi connectivity index (χ4n) is 2.67. The summed E-state index contributed by atoms with van der Waals surface area (Å²) in [4.78, 5) is 16.5. The molecule has 0 aliphatic heterocycles. The summed E-state index contributed by atoms with van der Waals surface area (Å²) in [5, 5.41) is 0. The number of halogens is 2. The van der Waals surface area contributed by atoms with Crippen molar-refractivity contribution in [2.24, 2.45) is 0 Å². The molecule has 9 heteroatoms. The Morgan fingerprint density at radius 1 is 1.11 bits per heavy atom. The summed E-state index contributed by atoms with van der Waals surface area (Å²) in [5.41, 5.74) is 0.713. The number of fused-ring (bicyclic) bond motifs is 1. The molecule has 0 saturated carbocycles. The molecule has 0 aliphatic carbocycles. The van der Waals surface area contributed by atoms with E-state index in [0.717, 1.165) is 10.8 Å². The minimum atomic E-state index is -3.39. The molecule has 0 amide bonds. The molecule has 3 aromatic rings. The van der Waals surface area contributed by atoms with Crippen LogP contribution in [-0.4, -0.2) is 30.2 Å². The average Bonchev–Trinajstić information content (AvgIpc) is 3.01. The lowest BCUT2D eigenvalue weighted by Crippen LogP contribution is -2.14. The molecule has 3 rings (SSSR count). The molecule has 2 aromatic carbocycles. The maximum absolute atomic E-state index is 13.5. The predicted molar refractivity (Wildman–Crippen MR) is 94.4 cm³/mol. The van der Waals surface area contributed by atoms with E-state index in [4.69, 9.17) is 4.74 Å². The maximum atomic E-state index is 13.5. The first-order valence-electron chi connectivity index (χ1n) is 7.94. The molecular weight excluding hydrogens is 378 g/mol. The van der Waals surface area contributed by atoms with Crippen LogP contribution < -0.4 is 0 Å². The number of hydrogen-bond acceptors (Lipinski definition) is 5. The van der Waals surface area contributed by atoms with Gasteiger partial charge in [0.2, 0.25) is 0 Å². The first-order chi connectivity index (χ1) is 12.7. The highest BCUT2D eigenvalue weighted by atomic mass is 32.2. The molecule has 0 unspecified atom stereocenters. The van der Waals surface area contributed by atoms with Crippen molar-refractivity contribution < 1.29 is 26.7 Å². The molecule has 27 heavy (non-hydrogen) atoms. The first-order valence-corrected chi connectivity index (χ1v) is 9.83. The topological polar surface area (TPSA) is 78.3 Å². The fourth-order valence-corrected chi connectivity index (χ4v) is 3.30. The van der Waals surface area contributed by atoms with Crippen LogP contribution in [0.4, 0.5) is 8.78 Å². The molecule has 0 radical (unpaired) electrons. The zero-order valence-electron chi connectivity index (χ0n) is 14.5. The number of imidazole rings is 1. The Labute approximate surface area is 154 Å². The summed E-state index contributed by atoms with van der Waals surface area (Å²) in [7, 11) is -3.39. The van der Waals surface area contributed by atoms with Gasteiger partial charge in [-0.25, -0.2) is 18.2 Å². The third-order valence-corrected chi connectivity index (χ3v) is 5.11. The van der Waals surface area contributed by atoms with Crippen LogP contribution in [0.25, 0.3) is 11.0 Å². The van der Waals surface area contributed by atoms with Crippen molar-refractivity contribution in [3.8, 4) is 0 Å². The van der Waals surface area contributed by atoms with Gasteiger partial charge in [0.1, 0.15) is 0 Å². The van der Waals surface area contributed by atoms with Crippen molar-refractivity contribution in [2.75, 3.05) is 6.26 Å². The Hall–Kier alpha value is -2.81. The average molecular weight is 394 g/mol. The molecule has 1 aromatic heterocycles. The fraction of sp³-hybridized carbons (Fsp3) is 0.222. The van der Waals surface area contributed by atoms with Gasteiger partial charge in [0.05, 0.1) is 21.5 Å². The number of alkyl halides is 2. The third-order valence-electron chi connectivity index (χ3n) is 3.98. The minimum Gasteiger partial charge on any atom is -0.451 e. The van der Waals surface area contributed by atoms with Crippen molar-refractivity contribution in [1.82, 2.24) is 9.55 Å². The van der Waals surface area contributed by atoms with Crippen molar-refractivity contribution in [2.45, 2.75) is 24.5 Å². The summed E-state index contributed by atoms with van der Waals surface area (Å²) in [6.45, 7) is -1.40. The Morgan fingerprint density at radius 3 is 2.33 bits per heavy atom.